The molecular formula is C23H28N6O. The number of nitrogens with zero attached hydrogens (tertiary/aromatic N) is 5. The summed E-state index contributed by atoms with van der Waals surface area (Å²) in [4.78, 5) is 29.0. The fraction of sp³-hybridized carbons (Fsp3) is 0.304. The van der Waals surface area contributed by atoms with Crippen molar-refractivity contribution < 1.29 is 4.79 Å². The number of likely N-dealkylation sites (N-methyl/N-ethyl adjacent to an activating group) is 1. The number of amides is 1. The maximum absolute atomic E-state index is 12.2. The van der Waals surface area contributed by atoms with E-state index < -0.39 is 0 Å². The Morgan fingerprint density at radius 3 is 2.33 bits per heavy atom. The molecule has 7 nitrogen and oxygen atoms in total. The third-order valence-electron chi connectivity index (χ3n) is 4.88. The highest BCUT2D eigenvalue weighted by molar-refractivity contribution is 6.03. The molecule has 0 aliphatic carbocycles. The van der Waals surface area contributed by atoms with Crippen molar-refractivity contribution in [3.8, 4) is 11.1 Å². The van der Waals surface area contributed by atoms with E-state index in [0.29, 0.717) is 11.4 Å². The largest absolute Gasteiger partial charge is 0.369 e. The van der Waals surface area contributed by atoms with Crippen molar-refractivity contribution in [1.29, 1.82) is 0 Å². The number of nitrogens with one attached hydrogen (secondary N) is 1. The molecule has 0 radical (unpaired) electrons. The summed E-state index contributed by atoms with van der Waals surface area (Å²) in [6.45, 7) is 8.22. The van der Waals surface area contributed by atoms with Gasteiger partial charge in [0.1, 0.15) is 12.1 Å². The number of hydrogen-bond donors (Lipinski definition) is 1. The van der Waals surface area contributed by atoms with Gasteiger partial charge in [-0.1, -0.05) is 26.0 Å². The Kier molecular flexibility index (Phi) is 7.45. The van der Waals surface area contributed by atoms with E-state index in [4.69, 9.17) is 0 Å². The quantitative estimate of drug-likeness (QED) is 0.717. The summed E-state index contributed by atoms with van der Waals surface area (Å²) in [6.07, 6.45) is 6.11. The van der Waals surface area contributed by atoms with Crippen LogP contribution in [0.4, 0.5) is 11.5 Å². The van der Waals surface area contributed by atoms with Crippen LogP contribution in [0.15, 0.2) is 61.3 Å². The first-order chi connectivity index (χ1) is 14.7. The molecular weight excluding hydrogens is 376 g/mol. The average molecular weight is 405 g/mol. The van der Waals surface area contributed by atoms with Crippen LogP contribution in [-0.4, -0.2) is 59.0 Å². The van der Waals surface area contributed by atoms with E-state index in [2.05, 4.69) is 61.4 Å². The van der Waals surface area contributed by atoms with Crippen molar-refractivity contribution >= 4 is 17.4 Å². The molecule has 7 heteroatoms. The molecule has 4 rings (SSSR count). The van der Waals surface area contributed by atoms with Gasteiger partial charge in [-0.15, -0.1) is 0 Å². The minimum absolute atomic E-state index is 0.280. The molecule has 0 atom stereocenters. The van der Waals surface area contributed by atoms with Crippen molar-refractivity contribution in [3.05, 3.63) is 66.9 Å². The zero-order valence-corrected chi connectivity index (χ0v) is 17.7. The van der Waals surface area contributed by atoms with Gasteiger partial charge < -0.3 is 15.1 Å². The molecule has 1 N–H and O–H groups in total. The molecule has 1 fully saturated rings. The molecule has 1 aliphatic rings. The summed E-state index contributed by atoms with van der Waals surface area (Å²) >= 11 is 0. The third-order valence-corrected chi connectivity index (χ3v) is 4.88. The lowest BCUT2D eigenvalue weighted by molar-refractivity contribution is 0.102. The highest BCUT2D eigenvalue weighted by Gasteiger charge is 2.14. The van der Waals surface area contributed by atoms with Crippen LogP contribution in [0.1, 0.15) is 24.2 Å². The topological polar surface area (TPSA) is 74.2 Å². The molecule has 3 aromatic rings. The minimum atomic E-state index is -0.280. The van der Waals surface area contributed by atoms with Crippen LogP contribution in [0.5, 0.6) is 0 Å². The van der Waals surface area contributed by atoms with Crippen molar-refractivity contribution in [1.82, 2.24) is 19.9 Å². The maximum atomic E-state index is 12.2. The molecule has 30 heavy (non-hydrogen) atoms. The summed E-state index contributed by atoms with van der Waals surface area (Å²) in [6, 6.07) is 12.3. The molecule has 0 saturated carbocycles. The van der Waals surface area contributed by atoms with Crippen molar-refractivity contribution in [2.24, 2.45) is 0 Å². The van der Waals surface area contributed by atoms with Gasteiger partial charge in [0.2, 0.25) is 0 Å². The Morgan fingerprint density at radius 1 is 0.933 bits per heavy atom. The van der Waals surface area contributed by atoms with Crippen molar-refractivity contribution in [2.75, 3.05) is 43.4 Å². The van der Waals surface area contributed by atoms with Gasteiger partial charge in [0, 0.05) is 56.0 Å². The van der Waals surface area contributed by atoms with Gasteiger partial charge in [-0.2, -0.15) is 0 Å². The molecule has 1 saturated heterocycles. The second-order valence-corrected chi connectivity index (χ2v) is 6.85. The fourth-order valence-electron chi connectivity index (χ4n) is 3.19. The van der Waals surface area contributed by atoms with E-state index in [0.717, 1.165) is 37.3 Å². The van der Waals surface area contributed by atoms with Gasteiger partial charge in [-0.3, -0.25) is 4.79 Å². The number of benzene rings is 1. The van der Waals surface area contributed by atoms with Crippen molar-refractivity contribution in [2.45, 2.75) is 13.8 Å². The first-order valence-corrected chi connectivity index (χ1v) is 10.3. The number of carbonyl (C=O) groups excluding carboxylic acids is 1. The second-order valence-electron chi connectivity index (χ2n) is 6.85. The first kappa shape index (κ1) is 21.4. The zero-order valence-electron chi connectivity index (χ0n) is 17.7. The predicted octanol–water partition coefficient (Wildman–Crippen LogP) is 3.57. The number of hydrogen-bond acceptors (Lipinski definition) is 6. The molecule has 0 bridgehead atoms. The normalized spacial score (nSPS) is 13.9. The first-order valence-electron chi connectivity index (χ1n) is 10.3. The van der Waals surface area contributed by atoms with Crippen LogP contribution in [0, 0.1) is 0 Å². The minimum Gasteiger partial charge on any atom is -0.369 e. The van der Waals surface area contributed by atoms with E-state index in [-0.39, 0.29) is 5.91 Å². The third kappa shape index (κ3) is 5.39. The van der Waals surface area contributed by atoms with E-state index in [1.807, 2.05) is 19.9 Å². The van der Waals surface area contributed by atoms with Gasteiger partial charge in [0.15, 0.2) is 0 Å². The zero-order chi connectivity index (χ0) is 21.3. The molecule has 3 heterocycles. The standard InChI is InChI=1S/C21H22N6O.C2H6/c1-26-7-9-27(10-8-26)19-4-2-3-16(11-19)17-5-6-20(24-14-17)25-21(28)18-12-22-15-23-13-18;1-2/h2-6,11-15H,7-10H2,1H3,(H,24,25,28);1-2H3. The van der Waals surface area contributed by atoms with Gasteiger partial charge in [-0.25, -0.2) is 15.0 Å². The lowest BCUT2D eigenvalue weighted by Gasteiger charge is -2.34. The second kappa shape index (κ2) is 10.5. The van der Waals surface area contributed by atoms with Crippen molar-refractivity contribution in [3.63, 3.8) is 0 Å². The Morgan fingerprint density at radius 2 is 1.67 bits per heavy atom. The highest BCUT2D eigenvalue weighted by Crippen LogP contribution is 2.25. The number of rotatable bonds is 4. The number of carbonyl (C=O) groups is 1. The van der Waals surface area contributed by atoms with E-state index >= 15 is 0 Å². The Hall–Kier alpha value is -3.32. The number of anilines is 2. The SMILES string of the molecule is CC.CN1CCN(c2cccc(-c3ccc(NC(=O)c4cncnc4)nc3)c2)CC1. The highest BCUT2D eigenvalue weighted by atomic mass is 16.1. The van der Waals surface area contributed by atoms with E-state index in [9.17, 15) is 4.79 Å². The van der Waals surface area contributed by atoms with E-state index in [1.165, 1.54) is 24.4 Å². The summed E-state index contributed by atoms with van der Waals surface area (Å²) in [5, 5.41) is 2.76. The molecule has 1 amide bonds. The summed E-state index contributed by atoms with van der Waals surface area (Å²) in [7, 11) is 2.16. The molecule has 0 spiro atoms. The molecule has 2 aromatic heterocycles. The number of aromatic nitrogens is 3. The predicted molar refractivity (Wildman–Crippen MR) is 121 cm³/mol. The van der Waals surface area contributed by atoms with Gasteiger partial charge in [0.05, 0.1) is 5.56 Å². The van der Waals surface area contributed by atoms with Crippen LogP contribution >= 0.6 is 0 Å². The van der Waals surface area contributed by atoms with Crippen LogP contribution in [-0.2, 0) is 0 Å². The average Bonchev–Trinajstić information content (AvgIpc) is 2.82. The fourth-order valence-corrected chi connectivity index (χ4v) is 3.19. The molecule has 1 aliphatic heterocycles. The van der Waals surface area contributed by atoms with Gasteiger partial charge in [-0.05, 0) is 36.9 Å². The molecule has 156 valence electrons. The van der Waals surface area contributed by atoms with Crippen LogP contribution in [0.3, 0.4) is 0 Å². The monoisotopic (exact) mass is 404 g/mol. The molecule has 0 unspecified atom stereocenters. The number of pyridine rings is 1. The van der Waals surface area contributed by atoms with E-state index in [1.54, 1.807) is 12.3 Å². The van der Waals surface area contributed by atoms with Gasteiger partial charge >= 0.3 is 0 Å². The van der Waals surface area contributed by atoms with Crippen LogP contribution in [0.2, 0.25) is 0 Å². The lowest BCUT2D eigenvalue weighted by atomic mass is 10.1. The van der Waals surface area contributed by atoms with Crippen LogP contribution < -0.4 is 10.2 Å². The molecule has 1 aromatic carbocycles. The summed E-state index contributed by atoms with van der Waals surface area (Å²) in [5.41, 5.74) is 3.75. The van der Waals surface area contributed by atoms with Crippen LogP contribution in [0.25, 0.3) is 11.1 Å². The summed E-state index contributed by atoms with van der Waals surface area (Å²) < 4.78 is 0. The number of piperazine rings is 1. The Bertz CT molecular complexity index is 937. The van der Waals surface area contributed by atoms with Gasteiger partial charge in [0.25, 0.3) is 5.91 Å². The Labute approximate surface area is 177 Å². The summed E-state index contributed by atoms with van der Waals surface area (Å²) in [5.74, 6) is 0.214. The smallest absolute Gasteiger partial charge is 0.259 e. The lowest BCUT2D eigenvalue weighted by Crippen LogP contribution is -2.44. The maximum Gasteiger partial charge on any atom is 0.259 e. The Balaban J connectivity index is 0.00000124.